The van der Waals surface area contributed by atoms with Gasteiger partial charge in [0.1, 0.15) is 12.4 Å². The van der Waals surface area contributed by atoms with Gasteiger partial charge in [-0.3, -0.25) is 0 Å². The van der Waals surface area contributed by atoms with Gasteiger partial charge in [0.25, 0.3) is 0 Å². The highest BCUT2D eigenvalue weighted by Crippen LogP contribution is 2.18. The van der Waals surface area contributed by atoms with Gasteiger partial charge in [-0.15, -0.1) is 0 Å². The van der Waals surface area contributed by atoms with Gasteiger partial charge in [-0.1, -0.05) is 30.3 Å². The number of carbonyl (C=O) groups excluding carboxylic acids is 1. The Balaban J connectivity index is 1.24. The second-order valence-corrected chi connectivity index (χ2v) is 6.76. The molecule has 0 aliphatic rings. The molecule has 148 valence electrons. The molecule has 2 amide bonds. The van der Waals surface area contributed by atoms with E-state index in [0.717, 1.165) is 28.9 Å². The Morgan fingerprint density at radius 1 is 1.03 bits per heavy atom. The maximum absolute atomic E-state index is 12.2. The van der Waals surface area contributed by atoms with Crippen molar-refractivity contribution in [3.8, 4) is 0 Å². The van der Waals surface area contributed by atoms with Gasteiger partial charge in [0.05, 0.1) is 12.9 Å². The average Bonchev–Trinajstić information content (AvgIpc) is 3.39. The van der Waals surface area contributed by atoms with Gasteiger partial charge in [0.2, 0.25) is 0 Å². The number of carbonyl (C=O) groups is 1. The smallest absolute Gasteiger partial charge is 0.319 e. The fraction of sp³-hybridized carbons (Fsp3) is 0.174. The summed E-state index contributed by atoms with van der Waals surface area (Å²) in [6, 6.07) is 19.3. The number of rotatable bonds is 8. The van der Waals surface area contributed by atoms with Crippen molar-refractivity contribution in [1.29, 1.82) is 0 Å². The van der Waals surface area contributed by atoms with Gasteiger partial charge in [0.15, 0.2) is 0 Å². The molecule has 6 nitrogen and oxygen atoms in total. The molecule has 2 aromatic carbocycles. The molecule has 29 heavy (non-hydrogen) atoms. The Morgan fingerprint density at radius 3 is 2.86 bits per heavy atom. The van der Waals surface area contributed by atoms with Crippen LogP contribution in [0.1, 0.15) is 16.9 Å². The number of benzene rings is 2. The molecular weight excluding hydrogens is 366 g/mol. The van der Waals surface area contributed by atoms with E-state index in [4.69, 9.17) is 9.15 Å². The standard InChI is InChI=1S/C23H23N3O3/c27-23(24-11-10-18-14-25-22-9-2-1-8-21(18)22)26-19-6-3-5-17(13-19)15-28-16-20-7-4-12-29-20/h1-9,12-14,25H,10-11,15-16H2,(H2,24,26,27). The molecule has 0 radical (unpaired) electrons. The molecule has 6 heteroatoms. The van der Waals surface area contributed by atoms with Gasteiger partial charge in [0, 0.05) is 29.3 Å². The number of urea groups is 1. The van der Waals surface area contributed by atoms with Gasteiger partial charge >= 0.3 is 6.03 Å². The first-order valence-electron chi connectivity index (χ1n) is 9.57. The lowest BCUT2D eigenvalue weighted by molar-refractivity contribution is 0.0930. The zero-order valence-electron chi connectivity index (χ0n) is 16.0. The summed E-state index contributed by atoms with van der Waals surface area (Å²) in [6.45, 7) is 1.41. The minimum atomic E-state index is -0.224. The van der Waals surface area contributed by atoms with Crippen molar-refractivity contribution in [1.82, 2.24) is 10.3 Å². The number of hydrogen-bond donors (Lipinski definition) is 3. The molecule has 0 aliphatic heterocycles. The van der Waals surface area contributed by atoms with Crippen LogP contribution in [-0.4, -0.2) is 17.6 Å². The number of furan rings is 1. The third-order valence-electron chi connectivity index (χ3n) is 4.63. The summed E-state index contributed by atoms with van der Waals surface area (Å²) in [6.07, 6.45) is 4.38. The number of nitrogens with one attached hydrogen (secondary N) is 3. The molecule has 0 spiro atoms. The Labute approximate surface area is 168 Å². The number of H-pyrrole nitrogens is 1. The number of fused-ring (bicyclic) bond motifs is 1. The highest BCUT2D eigenvalue weighted by molar-refractivity contribution is 5.89. The van der Waals surface area contributed by atoms with Gasteiger partial charge in [-0.2, -0.15) is 0 Å². The second kappa shape index (κ2) is 9.12. The number of aromatic nitrogens is 1. The molecule has 4 rings (SSSR count). The molecular formula is C23H23N3O3. The summed E-state index contributed by atoms with van der Waals surface area (Å²) in [7, 11) is 0. The Hall–Kier alpha value is -3.51. The molecule has 0 atom stereocenters. The zero-order valence-corrected chi connectivity index (χ0v) is 16.0. The lowest BCUT2D eigenvalue weighted by atomic mass is 10.1. The van der Waals surface area contributed by atoms with Crippen molar-refractivity contribution in [2.45, 2.75) is 19.6 Å². The highest BCUT2D eigenvalue weighted by Gasteiger charge is 2.06. The van der Waals surface area contributed by atoms with E-state index >= 15 is 0 Å². The maximum Gasteiger partial charge on any atom is 0.319 e. The van der Waals surface area contributed by atoms with Crippen LogP contribution in [0.4, 0.5) is 10.5 Å². The van der Waals surface area contributed by atoms with Crippen LogP contribution in [0, 0.1) is 0 Å². The van der Waals surface area contributed by atoms with Crippen LogP contribution in [0.15, 0.2) is 77.5 Å². The van der Waals surface area contributed by atoms with Crippen molar-refractivity contribution in [2.24, 2.45) is 0 Å². The van der Waals surface area contributed by atoms with Crippen LogP contribution >= 0.6 is 0 Å². The van der Waals surface area contributed by atoms with Crippen LogP contribution in [0.3, 0.4) is 0 Å². The Bertz CT molecular complexity index is 1070. The minimum absolute atomic E-state index is 0.224. The van der Waals surface area contributed by atoms with Crippen LogP contribution in [0.2, 0.25) is 0 Å². The van der Waals surface area contributed by atoms with E-state index in [2.05, 4.69) is 21.7 Å². The van der Waals surface area contributed by atoms with Crippen molar-refractivity contribution in [2.75, 3.05) is 11.9 Å². The largest absolute Gasteiger partial charge is 0.467 e. The summed E-state index contributed by atoms with van der Waals surface area (Å²) in [5.74, 6) is 0.786. The fourth-order valence-electron chi connectivity index (χ4n) is 3.23. The number of hydrogen-bond acceptors (Lipinski definition) is 3. The van der Waals surface area contributed by atoms with Gasteiger partial charge in [-0.05, 0) is 47.9 Å². The molecule has 0 bridgehead atoms. The van der Waals surface area contributed by atoms with E-state index in [1.807, 2.05) is 60.8 Å². The Morgan fingerprint density at radius 2 is 1.97 bits per heavy atom. The number of amides is 2. The maximum atomic E-state index is 12.2. The second-order valence-electron chi connectivity index (χ2n) is 6.76. The fourth-order valence-corrected chi connectivity index (χ4v) is 3.23. The molecule has 0 unspecified atom stereocenters. The predicted octanol–water partition coefficient (Wildman–Crippen LogP) is 4.84. The zero-order chi connectivity index (χ0) is 19.9. The first-order valence-corrected chi connectivity index (χ1v) is 9.57. The molecule has 0 fully saturated rings. The minimum Gasteiger partial charge on any atom is -0.467 e. The Kier molecular flexibility index (Phi) is 5.92. The van der Waals surface area contributed by atoms with Crippen LogP contribution in [-0.2, 0) is 24.4 Å². The van der Waals surface area contributed by atoms with E-state index < -0.39 is 0 Å². The summed E-state index contributed by atoms with van der Waals surface area (Å²) in [4.78, 5) is 15.5. The van der Waals surface area contributed by atoms with E-state index in [-0.39, 0.29) is 6.03 Å². The van der Waals surface area contributed by atoms with Crippen molar-refractivity contribution in [3.63, 3.8) is 0 Å². The van der Waals surface area contributed by atoms with Gasteiger partial charge in [-0.25, -0.2) is 4.79 Å². The lowest BCUT2D eigenvalue weighted by Gasteiger charge is -2.09. The topological polar surface area (TPSA) is 79.3 Å². The number of ether oxygens (including phenoxy) is 1. The van der Waals surface area contributed by atoms with Crippen molar-refractivity contribution >= 4 is 22.6 Å². The van der Waals surface area contributed by atoms with Crippen LogP contribution in [0.5, 0.6) is 0 Å². The predicted molar refractivity (Wildman–Crippen MR) is 113 cm³/mol. The molecule has 2 aromatic heterocycles. The first kappa shape index (κ1) is 18.8. The SMILES string of the molecule is O=C(NCCc1c[nH]c2ccccc12)Nc1cccc(COCc2ccco2)c1. The quantitative estimate of drug-likeness (QED) is 0.403. The summed E-state index contributed by atoms with van der Waals surface area (Å²) < 4.78 is 10.9. The summed E-state index contributed by atoms with van der Waals surface area (Å²) in [5.41, 5.74) is 4.01. The van der Waals surface area contributed by atoms with Crippen molar-refractivity contribution in [3.05, 3.63) is 90.0 Å². The normalized spacial score (nSPS) is 10.9. The summed E-state index contributed by atoms with van der Waals surface area (Å²) >= 11 is 0. The molecule has 2 heterocycles. The molecule has 0 saturated heterocycles. The number of aromatic amines is 1. The third-order valence-corrected chi connectivity index (χ3v) is 4.63. The lowest BCUT2D eigenvalue weighted by Crippen LogP contribution is -2.30. The van der Waals surface area contributed by atoms with E-state index in [9.17, 15) is 4.79 Å². The van der Waals surface area contributed by atoms with E-state index in [1.54, 1.807) is 6.26 Å². The molecule has 0 aliphatic carbocycles. The highest BCUT2D eigenvalue weighted by atomic mass is 16.5. The number of para-hydroxylation sites is 1. The monoisotopic (exact) mass is 389 g/mol. The first-order chi connectivity index (χ1) is 14.3. The van der Waals surface area contributed by atoms with Gasteiger partial charge < -0.3 is 24.8 Å². The summed E-state index contributed by atoms with van der Waals surface area (Å²) in [5, 5.41) is 6.97. The van der Waals surface area contributed by atoms with E-state index in [1.165, 1.54) is 10.9 Å². The van der Waals surface area contributed by atoms with Crippen LogP contribution in [0.25, 0.3) is 10.9 Å². The van der Waals surface area contributed by atoms with Crippen molar-refractivity contribution < 1.29 is 13.9 Å². The number of anilines is 1. The van der Waals surface area contributed by atoms with Crippen LogP contribution < -0.4 is 10.6 Å². The van der Waals surface area contributed by atoms with E-state index in [0.29, 0.717) is 19.8 Å². The third kappa shape index (κ3) is 5.06. The average molecular weight is 389 g/mol. The molecule has 4 aromatic rings. The molecule has 0 saturated carbocycles. The molecule has 3 N–H and O–H groups in total.